The van der Waals surface area contributed by atoms with Gasteiger partial charge in [0.15, 0.2) is 0 Å². The van der Waals surface area contributed by atoms with Crippen LogP contribution in [-0.4, -0.2) is 41.3 Å². The highest BCUT2D eigenvalue weighted by atomic mass is 127. The number of halogens is 2. The van der Waals surface area contributed by atoms with Gasteiger partial charge in [-0.25, -0.2) is 14.0 Å². The van der Waals surface area contributed by atoms with E-state index in [1.807, 2.05) is 22.6 Å². The van der Waals surface area contributed by atoms with Crippen LogP contribution in [0.1, 0.15) is 18.4 Å². The molecule has 120 valence electrons. The highest BCUT2D eigenvalue weighted by Gasteiger charge is 2.23. The number of carbonyl (C=O) groups excluding carboxylic acids is 1. The van der Waals surface area contributed by atoms with Crippen molar-refractivity contribution in [2.24, 2.45) is 0 Å². The number of amides is 3. The molecule has 3 N–H and O–H groups in total. The SMILES string of the molecule is Cc1cc(F)c(NC(=O)NC2CCN(C(=O)O)CC2)c(I)c1. The minimum absolute atomic E-state index is 0.109. The van der Waals surface area contributed by atoms with Gasteiger partial charge in [-0.3, -0.25) is 0 Å². The van der Waals surface area contributed by atoms with Gasteiger partial charge in [0.25, 0.3) is 0 Å². The number of nitrogens with one attached hydrogen (secondary N) is 2. The predicted molar refractivity (Wildman–Crippen MR) is 88.6 cm³/mol. The fraction of sp³-hybridized carbons (Fsp3) is 0.429. The van der Waals surface area contributed by atoms with Gasteiger partial charge in [-0.2, -0.15) is 0 Å². The number of likely N-dealkylation sites (tertiary alicyclic amines) is 1. The van der Waals surface area contributed by atoms with Gasteiger partial charge in [0.2, 0.25) is 0 Å². The number of carboxylic acid groups (broad SMARTS) is 1. The van der Waals surface area contributed by atoms with Crippen molar-refractivity contribution >= 4 is 40.4 Å². The van der Waals surface area contributed by atoms with Gasteiger partial charge in [-0.15, -0.1) is 0 Å². The van der Waals surface area contributed by atoms with Crippen LogP contribution in [0.4, 0.5) is 19.7 Å². The molecule has 8 heteroatoms. The average molecular weight is 421 g/mol. The summed E-state index contributed by atoms with van der Waals surface area (Å²) in [7, 11) is 0. The summed E-state index contributed by atoms with van der Waals surface area (Å²) in [6.45, 7) is 2.55. The summed E-state index contributed by atoms with van der Waals surface area (Å²) in [6.07, 6.45) is 0.152. The van der Waals surface area contributed by atoms with Gasteiger partial charge in [-0.1, -0.05) is 0 Å². The number of aryl methyl sites for hydroxylation is 1. The molecule has 6 nitrogen and oxygen atoms in total. The Morgan fingerprint density at radius 3 is 2.55 bits per heavy atom. The Balaban J connectivity index is 1.90. The minimum Gasteiger partial charge on any atom is -0.465 e. The van der Waals surface area contributed by atoms with Crippen molar-refractivity contribution in [3.8, 4) is 0 Å². The van der Waals surface area contributed by atoms with Crippen LogP contribution in [0.25, 0.3) is 0 Å². The number of anilines is 1. The van der Waals surface area contributed by atoms with E-state index in [4.69, 9.17) is 5.11 Å². The average Bonchev–Trinajstić information content (AvgIpc) is 2.43. The van der Waals surface area contributed by atoms with Crippen molar-refractivity contribution < 1.29 is 19.1 Å². The molecule has 1 aliphatic heterocycles. The van der Waals surface area contributed by atoms with Gasteiger partial charge < -0.3 is 20.6 Å². The molecule has 1 fully saturated rings. The molecule has 1 aromatic carbocycles. The summed E-state index contributed by atoms with van der Waals surface area (Å²) in [5.74, 6) is -0.472. The maximum atomic E-state index is 13.9. The number of urea groups is 1. The van der Waals surface area contributed by atoms with E-state index in [0.29, 0.717) is 29.5 Å². The van der Waals surface area contributed by atoms with Crippen LogP contribution in [-0.2, 0) is 0 Å². The molecule has 0 aromatic heterocycles. The summed E-state index contributed by atoms with van der Waals surface area (Å²) >= 11 is 1.97. The lowest BCUT2D eigenvalue weighted by Gasteiger charge is -2.30. The molecule has 0 saturated carbocycles. The Labute approximate surface area is 141 Å². The monoisotopic (exact) mass is 421 g/mol. The number of carbonyl (C=O) groups is 2. The van der Waals surface area contributed by atoms with Crippen molar-refractivity contribution in [2.75, 3.05) is 18.4 Å². The van der Waals surface area contributed by atoms with Crippen molar-refractivity contribution in [1.82, 2.24) is 10.2 Å². The standard InChI is InChI=1S/C14H17FIN3O3/c1-8-6-10(15)12(11(16)7-8)18-13(20)17-9-2-4-19(5-3-9)14(21)22/h6-7,9H,2-5H2,1H3,(H,21,22)(H2,17,18,20). The minimum atomic E-state index is -0.945. The summed E-state index contributed by atoms with van der Waals surface area (Å²) in [6, 6.07) is 2.56. The zero-order valence-corrected chi connectivity index (χ0v) is 14.2. The second-order valence-corrected chi connectivity index (χ2v) is 6.41. The Morgan fingerprint density at radius 2 is 2.00 bits per heavy atom. The van der Waals surface area contributed by atoms with E-state index >= 15 is 0 Å². The highest BCUT2D eigenvalue weighted by molar-refractivity contribution is 14.1. The van der Waals surface area contributed by atoms with E-state index in [2.05, 4.69) is 10.6 Å². The molecule has 1 aromatic rings. The summed E-state index contributed by atoms with van der Waals surface area (Å²) in [4.78, 5) is 24.1. The third-order valence-electron chi connectivity index (χ3n) is 3.53. The number of benzene rings is 1. The van der Waals surface area contributed by atoms with E-state index in [1.165, 1.54) is 11.0 Å². The first-order valence-corrected chi connectivity index (χ1v) is 7.95. The molecule has 0 bridgehead atoms. The first-order chi connectivity index (χ1) is 10.4. The normalized spacial score (nSPS) is 15.5. The van der Waals surface area contributed by atoms with E-state index in [1.54, 1.807) is 13.0 Å². The Morgan fingerprint density at radius 1 is 1.36 bits per heavy atom. The van der Waals surface area contributed by atoms with Crippen LogP contribution < -0.4 is 10.6 Å². The fourth-order valence-corrected chi connectivity index (χ4v) is 3.25. The van der Waals surface area contributed by atoms with Crippen LogP contribution in [0.2, 0.25) is 0 Å². The van der Waals surface area contributed by atoms with Crippen molar-refractivity contribution in [3.05, 3.63) is 27.1 Å². The summed E-state index contributed by atoms with van der Waals surface area (Å²) in [5, 5.41) is 14.1. The van der Waals surface area contributed by atoms with Crippen LogP contribution in [0.15, 0.2) is 12.1 Å². The van der Waals surface area contributed by atoms with Crippen molar-refractivity contribution in [1.29, 1.82) is 0 Å². The molecule has 22 heavy (non-hydrogen) atoms. The fourth-order valence-electron chi connectivity index (χ4n) is 2.37. The molecule has 0 unspecified atom stereocenters. The van der Waals surface area contributed by atoms with E-state index in [0.717, 1.165) is 5.56 Å². The lowest BCUT2D eigenvalue weighted by Crippen LogP contribution is -2.47. The number of hydrogen-bond donors (Lipinski definition) is 3. The van der Waals surface area contributed by atoms with Gasteiger partial charge >= 0.3 is 12.1 Å². The zero-order valence-electron chi connectivity index (χ0n) is 12.0. The Bertz CT molecular complexity index is 566. The van der Waals surface area contributed by atoms with Crippen LogP contribution in [0.5, 0.6) is 0 Å². The van der Waals surface area contributed by atoms with Crippen LogP contribution >= 0.6 is 22.6 Å². The highest BCUT2D eigenvalue weighted by Crippen LogP contribution is 2.23. The van der Waals surface area contributed by atoms with Crippen molar-refractivity contribution in [3.63, 3.8) is 0 Å². The summed E-state index contributed by atoms with van der Waals surface area (Å²) in [5.41, 5.74) is 0.945. The maximum absolute atomic E-state index is 13.9. The largest absolute Gasteiger partial charge is 0.465 e. The van der Waals surface area contributed by atoms with Gasteiger partial charge in [0.1, 0.15) is 5.82 Å². The number of hydrogen-bond acceptors (Lipinski definition) is 2. The molecule has 0 atom stereocenters. The maximum Gasteiger partial charge on any atom is 0.407 e. The first-order valence-electron chi connectivity index (χ1n) is 6.88. The molecule has 1 heterocycles. The number of piperidine rings is 1. The number of rotatable bonds is 2. The second kappa shape index (κ2) is 7.12. The molecule has 0 aliphatic carbocycles. The Hall–Kier alpha value is -1.58. The molecule has 0 spiro atoms. The van der Waals surface area contributed by atoms with Gasteiger partial charge in [0, 0.05) is 22.7 Å². The van der Waals surface area contributed by atoms with E-state index < -0.39 is 17.9 Å². The quantitative estimate of drug-likeness (QED) is 0.643. The second-order valence-electron chi connectivity index (χ2n) is 5.25. The first kappa shape index (κ1) is 16.8. The molecule has 1 aliphatic rings. The smallest absolute Gasteiger partial charge is 0.407 e. The summed E-state index contributed by atoms with van der Waals surface area (Å²) < 4.78 is 14.5. The third kappa shape index (κ3) is 4.21. The molecular weight excluding hydrogens is 404 g/mol. The number of nitrogens with zero attached hydrogens (tertiary/aromatic N) is 1. The van der Waals surface area contributed by atoms with Gasteiger partial charge in [0.05, 0.1) is 5.69 Å². The lowest BCUT2D eigenvalue weighted by atomic mass is 10.1. The van der Waals surface area contributed by atoms with Crippen LogP contribution in [0, 0.1) is 16.3 Å². The molecule has 3 amide bonds. The molecular formula is C14H17FIN3O3. The van der Waals surface area contributed by atoms with Crippen LogP contribution in [0.3, 0.4) is 0 Å². The van der Waals surface area contributed by atoms with E-state index in [-0.39, 0.29) is 11.7 Å². The van der Waals surface area contributed by atoms with Gasteiger partial charge in [-0.05, 0) is 60.1 Å². The molecule has 0 radical (unpaired) electrons. The lowest BCUT2D eigenvalue weighted by molar-refractivity contribution is 0.130. The van der Waals surface area contributed by atoms with E-state index in [9.17, 15) is 14.0 Å². The third-order valence-corrected chi connectivity index (χ3v) is 4.38. The predicted octanol–water partition coefficient (Wildman–Crippen LogP) is 3.00. The molecule has 2 rings (SSSR count). The van der Waals surface area contributed by atoms with Crippen molar-refractivity contribution in [2.45, 2.75) is 25.8 Å². The Kier molecular flexibility index (Phi) is 5.43. The molecule has 1 saturated heterocycles. The zero-order chi connectivity index (χ0) is 16.3. The topological polar surface area (TPSA) is 81.7 Å².